The molecule has 1 aromatic rings. The minimum atomic E-state index is -2.52. The normalized spacial score (nSPS) is 21.9. The summed E-state index contributed by atoms with van der Waals surface area (Å²) in [6.45, 7) is 5.78. The Labute approximate surface area is 139 Å². The minimum Gasteiger partial charge on any atom is -0.384 e. The quantitative estimate of drug-likeness (QED) is 0.694. The third kappa shape index (κ3) is 3.76. The van der Waals surface area contributed by atoms with Gasteiger partial charge in [-0.25, -0.2) is 8.78 Å². The zero-order valence-electron chi connectivity index (χ0n) is 14.6. The Kier molecular flexibility index (Phi) is 6.19. The van der Waals surface area contributed by atoms with Crippen molar-refractivity contribution in [2.45, 2.75) is 77.2 Å². The molecule has 0 aromatic heterocycles. The second kappa shape index (κ2) is 7.74. The van der Waals surface area contributed by atoms with Crippen molar-refractivity contribution in [3.8, 4) is 0 Å². The molecule has 1 N–H and O–H groups in total. The molecule has 3 heteroatoms. The molecule has 1 aliphatic rings. The molecule has 1 nitrogen and oxygen atoms in total. The monoisotopic (exact) mass is 324 g/mol. The third-order valence-corrected chi connectivity index (χ3v) is 5.85. The molecule has 3 unspecified atom stereocenters. The van der Waals surface area contributed by atoms with E-state index < -0.39 is 17.9 Å². The lowest BCUT2D eigenvalue weighted by atomic mass is 9.67. The van der Waals surface area contributed by atoms with Gasteiger partial charge < -0.3 is 5.11 Å². The van der Waals surface area contributed by atoms with Crippen LogP contribution in [-0.4, -0.2) is 11.5 Å². The van der Waals surface area contributed by atoms with Gasteiger partial charge in [-0.1, -0.05) is 64.3 Å². The first kappa shape index (κ1) is 18.4. The number of alkyl halides is 2. The fourth-order valence-corrected chi connectivity index (χ4v) is 3.92. The van der Waals surface area contributed by atoms with Crippen LogP contribution in [0.5, 0.6) is 0 Å². The highest BCUT2D eigenvalue weighted by Crippen LogP contribution is 2.46. The van der Waals surface area contributed by atoms with Crippen LogP contribution in [0.3, 0.4) is 0 Å². The molecule has 0 heterocycles. The molecule has 1 aromatic carbocycles. The van der Waals surface area contributed by atoms with Gasteiger partial charge >= 0.3 is 0 Å². The standard InChI is InChI=1S/C20H30F2O/c1-4-14(2)16-10-12-18(13-11-16)20(23,15(3)19(21)22)17-8-6-5-7-9-17/h10-15,17,19,23H,4-9H2,1-3H3. The van der Waals surface area contributed by atoms with Crippen LogP contribution in [0.1, 0.15) is 76.3 Å². The van der Waals surface area contributed by atoms with E-state index in [0.29, 0.717) is 11.5 Å². The van der Waals surface area contributed by atoms with E-state index in [2.05, 4.69) is 13.8 Å². The van der Waals surface area contributed by atoms with E-state index in [-0.39, 0.29) is 5.92 Å². The molecule has 0 radical (unpaired) electrons. The average molecular weight is 324 g/mol. The first-order chi connectivity index (χ1) is 10.9. The Bertz CT molecular complexity index is 479. The van der Waals surface area contributed by atoms with Crippen molar-refractivity contribution in [1.29, 1.82) is 0 Å². The Morgan fingerprint density at radius 3 is 2.13 bits per heavy atom. The van der Waals surface area contributed by atoms with Gasteiger partial charge in [0, 0.05) is 0 Å². The molecular formula is C20H30F2O. The van der Waals surface area contributed by atoms with Gasteiger partial charge in [-0.2, -0.15) is 0 Å². The number of halogens is 2. The molecule has 0 amide bonds. The summed E-state index contributed by atoms with van der Waals surface area (Å²) in [5.41, 5.74) is 0.430. The topological polar surface area (TPSA) is 20.2 Å². The van der Waals surface area contributed by atoms with Crippen LogP contribution in [-0.2, 0) is 5.60 Å². The van der Waals surface area contributed by atoms with Gasteiger partial charge in [-0.05, 0) is 42.2 Å². The second-order valence-corrected chi connectivity index (χ2v) is 7.21. The van der Waals surface area contributed by atoms with E-state index >= 15 is 0 Å². The number of benzene rings is 1. The fourth-order valence-electron chi connectivity index (χ4n) is 3.92. The van der Waals surface area contributed by atoms with E-state index in [1.54, 1.807) is 0 Å². The van der Waals surface area contributed by atoms with Crippen molar-refractivity contribution in [2.24, 2.45) is 11.8 Å². The van der Waals surface area contributed by atoms with Gasteiger partial charge in [0.15, 0.2) is 0 Å². The number of aliphatic hydroxyl groups is 1. The largest absolute Gasteiger partial charge is 0.384 e. The summed E-state index contributed by atoms with van der Waals surface area (Å²) >= 11 is 0. The predicted octanol–water partition coefficient (Wildman–Crippen LogP) is 5.87. The van der Waals surface area contributed by atoms with Crippen LogP contribution in [0.4, 0.5) is 8.78 Å². The first-order valence-electron chi connectivity index (χ1n) is 9.02. The molecule has 0 spiro atoms. The van der Waals surface area contributed by atoms with Crippen molar-refractivity contribution in [3.63, 3.8) is 0 Å². The van der Waals surface area contributed by atoms with Gasteiger partial charge in [0.1, 0.15) is 5.60 Å². The lowest BCUT2D eigenvalue weighted by Gasteiger charge is -2.43. The van der Waals surface area contributed by atoms with E-state index in [4.69, 9.17) is 0 Å². The molecule has 1 saturated carbocycles. The van der Waals surface area contributed by atoms with Crippen LogP contribution >= 0.6 is 0 Å². The molecule has 23 heavy (non-hydrogen) atoms. The van der Waals surface area contributed by atoms with Crippen LogP contribution in [0.25, 0.3) is 0 Å². The molecule has 0 saturated heterocycles. The smallest absolute Gasteiger partial charge is 0.244 e. The van der Waals surface area contributed by atoms with E-state index in [1.165, 1.54) is 12.5 Å². The van der Waals surface area contributed by atoms with Crippen molar-refractivity contribution in [1.82, 2.24) is 0 Å². The maximum Gasteiger partial charge on any atom is 0.244 e. The Hall–Kier alpha value is -0.960. The molecule has 0 aliphatic heterocycles. The summed E-state index contributed by atoms with van der Waals surface area (Å²) in [6.07, 6.45) is 3.38. The summed E-state index contributed by atoms with van der Waals surface area (Å²) in [6, 6.07) is 7.73. The minimum absolute atomic E-state index is 0.0744. The average Bonchev–Trinajstić information content (AvgIpc) is 2.60. The Balaban J connectivity index is 2.36. The van der Waals surface area contributed by atoms with Gasteiger partial charge in [-0.3, -0.25) is 0 Å². The lowest BCUT2D eigenvalue weighted by molar-refractivity contribution is -0.128. The number of hydrogen-bond donors (Lipinski definition) is 1. The predicted molar refractivity (Wildman–Crippen MR) is 90.8 cm³/mol. The highest BCUT2D eigenvalue weighted by molar-refractivity contribution is 5.30. The third-order valence-electron chi connectivity index (χ3n) is 5.85. The van der Waals surface area contributed by atoms with E-state index in [1.807, 2.05) is 24.3 Å². The molecule has 0 bridgehead atoms. The number of rotatable bonds is 6. The fraction of sp³-hybridized carbons (Fsp3) is 0.700. The molecule has 1 fully saturated rings. The lowest BCUT2D eigenvalue weighted by Crippen LogP contribution is -2.45. The van der Waals surface area contributed by atoms with Crippen molar-refractivity contribution >= 4 is 0 Å². The van der Waals surface area contributed by atoms with Crippen LogP contribution in [0.15, 0.2) is 24.3 Å². The highest BCUT2D eigenvalue weighted by atomic mass is 19.3. The Morgan fingerprint density at radius 1 is 1.09 bits per heavy atom. The molecule has 2 rings (SSSR count). The van der Waals surface area contributed by atoms with Gasteiger partial charge in [0.25, 0.3) is 0 Å². The van der Waals surface area contributed by atoms with Crippen LogP contribution in [0.2, 0.25) is 0 Å². The molecular weight excluding hydrogens is 294 g/mol. The van der Waals surface area contributed by atoms with E-state index in [9.17, 15) is 13.9 Å². The zero-order valence-corrected chi connectivity index (χ0v) is 14.6. The SMILES string of the molecule is CCC(C)c1ccc(C(O)(C2CCCCC2)C(C)C(F)F)cc1. The summed E-state index contributed by atoms with van der Waals surface area (Å²) in [4.78, 5) is 0. The Morgan fingerprint density at radius 2 is 1.65 bits per heavy atom. The summed E-state index contributed by atoms with van der Waals surface area (Å²) < 4.78 is 26.9. The highest BCUT2D eigenvalue weighted by Gasteiger charge is 2.46. The second-order valence-electron chi connectivity index (χ2n) is 7.21. The first-order valence-corrected chi connectivity index (χ1v) is 9.02. The zero-order chi connectivity index (χ0) is 17.0. The van der Waals surface area contributed by atoms with Crippen molar-refractivity contribution < 1.29 is 13.9 Å². The summed E-state index contributed by atoms with van der Waals surface area (Å²) in [5, 5.41) is 11.4. The maximum atomic E-state index is 13.5. The molecule has 130 valence electrons. The van der Waals surface area contributed by atoms with Crippen LogP contribution < -0.4 is 0 Å². The van der Waals surface area contributed by atoms with Crippen molar-refractivity contribution in [3.05, 3.63) is 35.4 Å². The van der Waals surface area contributed by atoms with Gasteiger partial charge in [-0.15, -0.1) is 0 Å². The molecule has 3 atom stereocenters. The van der Waals surface area contributed by atoms with Crippen molar-refractivity contribution in [2.75, 3.05) is 0 Å². The van der Waals surface area contributed by atoms with E-state index in [0.717, 1.165) is 38.5 Å². The number of hydrogen-bond acceptors (Lipinski definition) is 1. The maximum absolute atomic E-state index is 13.5. The van der Waals surface area contributed by atoms with Gasteiger partial charge in [0.05, 0.1) is 5.92 Å². The van der Waals surface area contributed by atoms with Crippen LogP contribution in [0, 0.1) is 11.8 Å². The summed E-state index contributed by atoms with van der Waals surface area (Å²) in [7, 11) is 0. The summed E-state index contributed by atoms with van der Waals surface area (Å²) in [5.74, 6) is -0.686. The van der Waals surface area contributed by atoms with Gasteiger partial charge in [0.2, 0.25) is 6.43 Å². The molecule has 1 aliphatic carbocycles.